The highest BCUT2D eigenvalue weighted by molar-refractivity contribution is 9.10. The Hall–Kier alpha value is -2.40. The van der Waals surface area contributed by atoms with Crippen LogP contribution < -0.4 is 0 Å². The van der Waals surface area contributed by atoms with E-state index in [1.807, 2.05) is 109 Å². The molecular formula is C35H36Br2O6. The molecule has 0 saturated carbocycles. The van der Waals surface area contributed by atoms with E-state index in [1.54, 1.807) is 7.11 Å². The average molecular weight is 712 g/mol. The van der Waals surface area contributed by atoms with Crippen LogP contribution in [-0.2, 0) is 54.8 Å². The van der Waals surface area contributed by atoms with Gasteiger partial charge in [0.1, 0.15) is 24.4 Å². The zero-order chi connectivity index (χ0) is 29.9. The number of halogens is 2. The second kappa shape index (κ2) is 16.6. The molecule has 1 saturated heterocycles. The number of hydrogen-bond acceptors (Lipinski definition) is 6. The fourth-order valence-corrected chi connectivity index (χ4v) is 5.64. The highest BCUT2D eigenvalue weighted by Crippen LogP contribution is 2.32. The third-order valence-electron chi connectivity index (χ3n) is 7.25. The molecule has 1 unspecified atom stereocenters. The quantitative estimate of drug-likeness (QED) is 0.133. The Labute approximate surface area is 270 Å². The Kier molecular flexibility index (Phi) is 12.4. The lowest BCUT2D eigenvalue weighted by atomic mass is 9.97. The van der Waals surface area contributed by atoms with Crippen LogP contribution in [0.4, 0.5) is 0 Å². The molecule has 226 valence electrons. The maximum absolute atomic E-state index is 6.66. The van der Waals surface area contributed by atoms with Gasteiger partial charge >= 0.3 is 0 Å². The summed E-state index contributed by atoms with van der Waals surface area (Å²) in [4.78, 5) is 0. The summed E-state index contributed by atoms with van der Waals surface area (Å²) in [5, 5.41) is 0. The van der Waals surface area contributed by atoms with Crippen molar-refractivity contribution >= 4 is 31.9 Å². The molecule has 0 amide bonds. The first kappa shape index (κ1) is 32.0. The Balaban J connectivity index is 1.39. The molecule has 0 aliphatic carbocycles. The van der Waals surface area contributed by atoms with Crippen molar-refractivity contribution in [1.82, 2.24) is 0 Å². The smallest absolute Gasteiger partial charge is 0.186 e. The van der Waals surface area contributed by atoms with Crippen molar-refractivity contribution in [2.24, 2.45) is 0 Å². The van der Waals surface area contributed by atoms with Gasteiger partial charge in [-0.05, 0) is 40.5 Å². The summed E-state index contributed by atoms with van der Waals surface area (Å²) in [6, 6.07) is 36.2. The van der Waals surface area contributed by atoms with Crippen molar-refractivity contribution in [3.8, 4) is 0 Å². The molecule has 8 heteroatoms. The number of rotatable bonds is 14. The van der Waals surface area contributed by atoms with E-state index in [0.717, 1.165) is 31.2 Å². The second-order valence-electron chi connectivity index (χ2n) is 10.3. The van der Waals surface area contributed by atoms with E-state index in [4.69, 9.17) is 28.4 Å². The Morgan fingerprint density at radius 2 is 1.14 bits per heavy atom. The molecule has 0 N–H and O–H groups in total. The van der Waals surface area contributed by atoms with Crippen molar-refractivity contribution in [3.05, 3.63) is 140 Å². The zero-order valence-electron chi connectivity index (χ0n) is 24.0. The molecule has 5 rings (SSSR count). The van der Waals surface area contributed by atoms with Gasteiger partial charge in [-0.1, -0.05) is 123 Å². The van der Waals surface area contributed by atoms with Gasteiger partial charge in [0.15, 0.2) is 6.29 Å². The molecule has 4 aromatic carbocycles. The fraction of sp³-hybridized carbons (Fsp3) is 0.314. The lowest BCUT2D eigenvalue weighted by Gasteiger charge is -2.45. The van der Waals surface area contributed by atoms with Crippen LogP contribution in [0.2, 0.25) is 0 Å². The largest absolute Gasteiger partial charge is 0.374 e. The Morgan fingerprint density at radius 1 is 0.581 bits per heavy atom. The summed E-state index contributed by atoms with van der Waals surface area (Å²) >= 11 is 7.13. The highest BCUT2D eigenvalue weighted by atomic mass is 79.9. The topological polar surface area (TPSA) is 55.4 Å². The average Bonchev–Trinajstić information content (AvgIpc) is 3.04. The zero-order valence-corrected chi connectivity index (χ0v) is 27.2. The van der Waals surface area contributed by atoms with E-state index >= 15 is 0 Å². The first-order valence-electron chi connectivity index (χ1n) is 14.3. The van der Waals surface area contributed by atoms with Gasteiger partial charge in [-0.3, -0.25) is 0 Å². The SMILES string of the molecule is CO[C@@H]1O[C@H](COCc2ccc(Br)cc2)[C@H](OCc2ccccc2)[C@H](OCc2ccccc2)C1OCc1ccccc1Br. The fourth-order valence-electron chi connectivity index (χ4n) is 4.98. The van der Waals surface area contributed by atoms with Gasteiger partial charge in [-0.15, -0.1) is 0 Å². The molecule has 4 aromatic rings. The standard InChI is InChI=1S/C35H36Br2O6/c1-38-35-34(42-23-28-14-8-9-15-30(28)37)33(41-22-26-12-6-3-7-13-26)32(40-21-25-10-4-2-5-11-25)31(43-35)24-39-20-27-16-18-29(36)19-17-27/h2-19,31-35H,20-24H2,1H3/t31-,32+,33+,34?,35-/m1/s1. The minimum Gasteiger partial charge on any atom is -0.374 e. The highest BCUT2D eigenvalue weighted by Gasteiger charge is 2.48. The minimum absolute atomic E-state index is 0.289. The molecule has 0 spiro atoms. The van der Waals surface area contributed by atoms with E-state index in [0.29, 0.717) is 26.4 Å². The molecular weight excluding hydrogens is 676 g/mol. The lowest BCUT2D eigenvalue weighted by molar-refractivity contribution is -0.323. The Bertz CT molecular complexity index is 1370. The maximum Gasteiger partial charge on any atom is 0.186 e. The normalized spacial score (nSPS) is 22.0. The van der Waals surface area contributed by atoms with Crippen LogP contribution in [0.3, 0.4) is 0 Å². The van der Waals surface area contributed by atoms with Gasteiger partial charge in [0.2, 0.25) is 0 Å². The van der Waals surface area contributed by atoms with Gasteiger partial charge < -0.3 is 28.4 Å². The van der Waals surface area contributed by atoms with Crippen LogP contribution in [0.5, 0.6) is 0 Å². The second-order valence-corrected chi connectivity index (χ2v) is 12.1. The molecule has 0 bridgehead atoms. The third-order valence-corrected chi connectivity index (χ3v) is 8.55. The molecule has 5 atom stereocenters. The first-order valence-corrected chi connectivity index (χ1v) is 15.9. The summed E-state index contributed by atoms with van der Waals surface area (Å²) in [5.74, 6) is 0. The van der Waals surface area contributed by atoms with Crippen LogP contribution >= 0.6 is 31.9 Å². The number of methoxy groups -OCH3 is 1. The predicted octanol–water partition coefficient (Wildman–Crippen LogP) is 7.86. The van der Waals surface area contributed by atoms with E-state index < -0.39 is 30.7 Å². The summed E-state index contributed by atoms with van der Waals surface area (Å²) in [6.07, 6.45) is -2.73. The molecule has 0 aromatic heterocycles. The predicted molar refractivity (Wildman–Crippen MR) is 172 cm³/mol. The van der Waals surface area contributed by atoms with Crippen LogP contribution in [0, 0.1) is 0 Å². The van der Waals surface area contributed by atoms with Gasteiger partial charge in [-0.25, -0.2) is 0 Å². The van der Waals surface area contributed by atoms with Crippen LogP contribution in [0.25, 0.3) is 0 Å². The van der Waals surface area contributed by atoms with E-state index in [2.05, 4.69) is 31.9 Å². The number of benzene rings is 4. The van der Waals surface area contributed by atoms with Crippen LogP contribution in [0.1, 0.15) is 22.3 Å². The van der Waals surface area contributed by atoms with Gasteiger partial charge in [0.25, 0.3) is 0 Å². The molecule has 0 radical (unpaired) electrons. The maximum atomic E-state index is 6.66. The molecule has 1 aliphatic heterocycles. The van der Waals surface area contributed by atoms with Crippen molar-refractivity contribution in [1.29, 1.82) is 0 Å². The van der Waals surface area contributed by atoms with Gasteiger partial charge in [0.05, 0.1) is 33.0 Å². The monoisotopic (exact) mass is 710 g/mol. The first-order chi connectivity index (χ1) is 21.1. The van der Waals surface area contributed by atoms with Crippen LogP contribution in [0.15, 0.2) is 118 Å². The van der Waals surface area contributed by atoms with Crippen LogP contribution in [-0.4, -0.2) is 44.4 Å². The number of ether oxygens (including phenoxy) is 6. The molecule has 1 aliphatic rings. The summed E-state index contributed by atoms with van der Waals surface area (Å²) in [5.41, 5.74) is 4.19. The van der Waals surface area contributed by atoms with Crippen molar-refractivity contribution in [3.63, 3.8) is 0 Å². The Morgan fingerprint density at radius 3 is 1.77 bits per heavy atom. The van der Waals surface area contributed by atoms with Crippen molar-refractivity contribution in [2.75, 3.05) is 13.7 Å². The molecule has 1 fully saturated rings. The molecule has 6 nitrogen and oxygen atoms in total. The summed E-state index contributed by atoms with van der Waals surface area (Å²) in [7, 11) is 1.62. The van der Waals surface area contributed by atoms with E-state index in [1.165, 1.54) is 0 Å². The van der Waals surface area contributed by atoms with Crippen molar-refractivity contribution in [2.45, 2.75) is 57.1 Å². The van der Waals surface area contributed by atoms with E-state index in [-0.39, 0.29) is 6.61 Å². The molecule has 43 heavy (non-hydrogen) atoms. The number of hydrogen-bond donors (Lipinski definition) is 0. The lowest BCUT2D eigenvalue weighted by Crippen LogP contribution is -2.61. The van der Waals surface area contributed by atoms with E-state index in [9.17, 15) is 0 Å². The van der Waals surface area contributed by atoms with Gasteiger partial charge in [0, 0.05) is 16.1 Å². The minimum atomic E-state index is -0.693. The third kappa shape index (κ3) is 9.30. The summed E-state index contributed by atoms with van der Waals surface area (Å²) in [6.45, 7) is 1.84. The summed E-state index contributed by atoms with van der Waals surface area (Å²) < 4.78 is 40.4. The van der Waals surface area contributed by atoms with Crippen molar-refractivity contribution < 1.29 is 28.4 Å². The van der Waals surface area contributed by atoms with Gasteiger partial charge in [-0.2, -0.15) is 0 Å². The molecule has 1 heterocycles.